The maximum Gasteiger partial charge on any atom is 0.264 e. The van der Waals surface area contributed by atoms with Gasteiger partial charge in [0.1, 0.15) is 11.6 Å². The van der Waals surface area contributed by atoms with Crippen molar-refractivity contribution in [2.75, 3.05) is 0 Å². The molecule has 0 heterocycles. The summed E-state index contributed by atoms with van der Waals surface area (Å²) in [5, 5.41) is 0. The number of rotatable bonds is 5. The molecule has 1 atom stereocenters. The zero-order valence-electron chi connectivity index (χ0n) is 12.3. The third-order valence-corrected chi connectivity index (χ3v) is 4.60. The molecule has 7 heteroatoms. The van der Waals surface area contributed by atoms with E-state index in [2.05, 4.69) is 0 Å². The summed E-state index contributed by atoms with van der Waals surface area (Å²) in [7, 11) is -4.06. The van der Waals surface area contributed by atoms with Crippen molar-refractivity contribution in [1.29, 1.82) is 0 Å². The monoisotopic (exact) mass is 339 g/mol. The largest absolute Gasteiger partial charge is 0.274 e. The van der Waals surface area contributed by atoms with Crippen molar-refractivity contribution in [3.8, 4) is 0 Å². The topological polar surface area (TPSA) is 63.2 Å². The molecule has 0 fully saturated rings. The number of amides is 1. The van der Waals surface area contributed by atoms with E-state index in [1.165, 1.54) is 18.2 Å². The summed E-state index contributed by atoms with van der Waals surface area (Å²) >= 11 is 0. The van der Waals surface area contributed by atoms with Crippen LogP contribution in [0.1, 0.15) is 12.5 Å². The van der Waals surface area contributed by atoms with Gasteiger partial charge in [0.15, 0.2) is 0 Å². The Labute approximate surface area is 133 Å². The Hall–Kier alpha value is -2.28. The highest BCUT2D eigenvalue weighted by atomic mass is 32.2. The van der Waals surface area contributed by atoms with E-state index in [9.17, 15) is 22.0 Å². The molecule has 0 aliphatic heterocycles. The molecular formula is C16H15F2NO3S. The molecular weight excluding hydrogens is 324 g/mol. The molecule has 1 amide bonds. The molecule has 122 valence electrons. The Bertz CT molecular complexity index is 804. The Morgan fingerprint density at radius 2 is 1.74 bits per heavy atom. The normalized spacial score (nSPS) is 12.7. The minimum atomic E-state index is -4.06. The standard InChI is InChI=1S/C16H15F2NO3S/c1-11(9-12-3-2-4-14(18)10-12)16(20)19-23(21,22)15-7-5-13(17)6-8-15/h2-8,10-11H,9H2,1H3,(H,19,20)/t11-/m0/s1. The lowest BCUT2D eigenvalue weighted by Crippen LogP contribution is -2.35. The van der Waals surface area contributed by atoms with E-state index in [0.29, 0.717) is 5.56 Å². The minimum absolute atomic E-state index is 0.197. The van der Waals surface area contributed by atoms with E-state index in [4.69, 9.17) is 0 Å². The van der Waals surface area contributed by atoms with Crippen LogP contribution in [0.15, 0.2) is 53.4 Å². The van der Waals surface area contributed by atoms with E-state index in [1.54, 1.807) is 13.0 Å². The van der Waals surface area contributed by atoms with Crippen molar-refractivity contribution in [1.82, 2.24) is 4.72 Å². The lowest BCUT2D eigenvalue weighted by atomic mass is 10.0. The first-order chi connectivity index (χ1) is 10.8. The number of nitrogens with one attached hydrogen (secondary N) is 1. The molecule has 0 spiro atoms. The summed E-state index contributed by atoms with van der Waals surface area (Å²) in [6, 6.07) is 9.88. The molecule has 2 rings (SSSR count). The first kappa shape index (κ1) is 17.1. The second-order valence-electron chi connectivity index (χ2n) is 5.16. The summed E-state index contributed by atoms with van der Waals surface area (Å²) in [6.07, 6.45) is 0.197. The average Bonchev–Trinajstić information content (AvgIpc) is 2.47. The molecule has 2 aromatic rings. The summed E-state index contributed by atoms with van der Waals surface area (Å²) in [5.41, 5.74) is 0.590. The predicted octanol–water partition coefficient (Wildman–Crippen LogP) is 2.65. The van der Waals surface area contributed by atoms with E-state index in [0.717, 1.165) is 24.3 Å². The predicted molar refractivity (Wildman–Crippen MR) is 81.0 cm³/mol. The van der Waals surface area contributed by atoms with Crippen molar-refractivity contribution >= 4 is 15.9 Å². The van der Waals surface area contributed by atoms with Crippen molar-refractivity contribution in [2.24, 2.45) is 5.92 Å². The van der Waals surface area contributed by atoms with Crippen molar-refractivity contribution in [3.63, 3.8) is 0 Å². The zero-order valence-corrected chi connectivity index (χ0v) is 13.1. The molecule has 0 saturated carbocycles. The molecule has 0 aromatic heterocycles. The Kier molecular flexibility index (Phi) is 5.10. The Morgan fingerprint density at radius 3 is 2.35 bits per heavy atom. The summed E-state index contributed by atoms with van der Waals surface area (Å²) in [6.45, 7) is 1.54. The van der Waals surface area contributed by atoms with Crippen LogP contribution in [-0.4, -0.2) is 14.3 Å². The average molecular weight is 339 g/mol. The SMILES string of the molecule is C[C@@H](Cc1cccc(F)c1)C(=O)NS(=O)(=O)c1ccc(F)cc1. The highest BCUT2D eigenvalue weighted by molar-refractivity contribution is 7.90. The first-order valence-corrected chi connectivity index (χ1v) is 8.33. The van der Waals surface area contributed by atoms with E-state index >= 15 is 0 Å². The van der Waals surface area contributed by atoms with Crippen LogP contribution in [0.4, 0.5) is 8.78 Å². The number of halogens is 2. The number of carbonyl (C=O) groups excluding carboxylic acids is 1. The number of hydrogen-bond acceptors (Lipinski definition) is 3. The van der Waals surface area contributed by atoms with Gasteiger partial charge in [-0.25, -0.2) is 21.9 Å². The summed E-state index contributed by atoms with van der Waals surface area (Å²) < 4.78 is 52.0. The molecule has 0 unspecified atom stereocenters. The van der Waals surface area contributed by atoms with Crippen LogP contribution < -0.4 is 4.72 Å². The van der Waals surface area contributed by atoms with Crippen LogP contribution in [0.5, 0.6) is 0 Å². The van der Waals surface area contributed by atoms with Gasteiger partial charge >= 0.3 is 0 Å². The van der Waals surface area contributed by atoms with Crippen molar-refractivity contribution in [3.05, 3.63) is 65.7 Å². The molecule has 0 radical (unpaired) electrons. The first-order valence-electron chi connectivity index (χ1n) is 6.84. The van der Waals surface area contributed by atoms with Gasteiger partial charge < -0.3 is 0 Å². The van der Waals surface area contributed by atoms with Gasteiger partial charge in [-0.15, -0.1) is 0 Å². The van der Waals surface area contributed by atoms with Crippen LogP contribution in [0, 0.1) is 17.6 Å². The van der Waals surface area contributed by atoms with Gasteiger partial charge in [0.2, 0.25) is 5.91 Å². The molecule has 0 aliphatic rings. The lowest BCUT2D eigenvalue weighted by Gasteiger charge is -2.13. The number of sulfonamides is 1. The molecule has 2 aromatic carbocycles. The van der Waals surface area contributed by atoms with E-state index in [-0.39, 0.29) is 11.3 Å². The van der Waals surface area contributed by atoms with E-state index in [1.807, 2.05) is 4.72 Å². The molecule has 4 nitrogen and oxygen atoms in total. The van der Waals surface area contributed by atoms with Gasteiger partial charge in [0.25, 0.3) is 10.0 Å². The molecule has 0 saturated heterocycles. The van der Waals surface area contributed by atoms with Gasteiger partial charge in [-0.1, -0.05) is 19.1 Å². The number of benzene rings is 2. The van der Waals surface area contributed by atoms with Crippen molar-refractivity contribution < 1.29 is 22.0 Å². The fourth-order valence-corrected chi connectivity index (χ4v) is 3.09. The third kappa shape index (κ3) is 4.59. The van der Waals surface area contributed by atoms with E-state index < -0.39 is 33.5 Å². The minimum Gasteiger partial charge on any atom is -0.274 e. The lowest BCUT2D eigenvalue weighted by molar-refractivity contribution is -0.122. The zero-order chi connectivity index (χ0) is 17.0. The smallest absolute Gasteiger partial charge is 0.264 e. The van der Waals surface area contributed by atoms with Gasteiger partial charge in [-0.2, -0.15) is 0 Å². The summed E-state index contributed by atoms with van der Waals surface area (Å²) in [4.78, 5) is 11.8. The van der Waals surface area contributed by atoms with Crippen LogP contribution in [0.25, 0.3) is 0 Å². The second-order valence-corrected chi connectivity index (χ2v) is 6.84. The molecule has 0 aliphatic carbocycles. The van der Waals surface area contributed by atoms with Crippen LogP contribution in [0.3, 0.4) is 0 Å². The highest BCUT2D eigenvalue weighted by Crippen LogP contribution is 2.13. The fourth-order valence-electron chi connectivity index (χ4n) is 2.02. The quantitative estimate of drug-likeness (QED) is 0.911. The van der Waals surface area contributed by atoms with Gasteiger partial charge in [-0.3, -0.25) is 4.79 Å². The Balaban J connectivity index is 2.06. The van der Waals surface area contributed by atoms with Crippen LogP contribution in [0.2, 0.25) is 0 Å². The molecule has 1 N–H and O–H groups in total. The van der Waals surface area contributed by atoms with Crippen LogP contribution >= 0.6 is 0 Å². The van der Waals surface area contributed by atoms with Gasteiger partial charge in [0.05, 0.1) is 4.90 Å². The van der Waals surface area contributed by atoms with Gasteiger partial charge in [-0.05, 0) is 48.4 Å². The third-order valence-electron chi connectivity index (χ3n) is 3.24. The highest BCUT2D eigenvalue weighted by Gasteiger charge is 2.22. The maximum atomic E-state index is 13.1. The Morgan fingerprint density at radius 1 is 1.09 bits per heavy atom. The number of carbonyl (C=O) groups is 1. The second kappa shape index (κ2) is 6.87. The number of hydrogen-bond donors (Lipinski definition) is 1. The fraction of sp³-hybridized carbons (Fsp3) is 0.188. The van der Waals surface area contributed by atoms with Crippen LogP contribution in [-0.2, 0) is 21.2 Å². The molecule has 0 bridgehead atoms. The maximum absolute atomic E-state index is 13.1. The summed E-state index contributed by atoms with van der Waals surface area (Å²) in [5.74, 6) is -2.38. The molecule has 23 heavy (non-hydrogen) atoms. The van der Waals surface area contributed by atoms with Crippen molar-refractivity contribution in [2.45, 2.75) is 18.2 Å². The van der Waals surface area contributed by atoms with Gasteiger partial charge in [0, 0.05) is 5.92 Å².